The summed E-state index contributed by atoms with van der Waals surface area (Å²) in [5.41, 5.74) is 2.16. The summed E-state index contributed by atoms with van der Waals surface area (Å²) in [5.74, 6) is 0.871. The Balaban J connectivity index is 1.89. The fourth-order valence-electron chi connectivity index (χ4n) is 2.36. The number of benzene rings is 1. The van der Waals surface area contributed by atoms with Gasteiger partial charge in [0.15, 0.2) is 0 Å². The number of nitrogens with zero attached hydrogens (tertiary/aromatic N) is 3. The number of hydrogen-bond donors (Lipinski definition) is 0. The van der Waals surface area contributed by atoms with E-state index in [1.54, 1.807) is 0 Å². The predicted octanol–water partition coefficient (Wildman–Crippen LogP) is 3.13. The van der Waals surface area contributed by atoms with Crippen molar-refractivity contribution in [2.75, 3.05) is 18.0 Å². The molecule has 3 heteroatoms. The Bertz CT molecular complexity index is 504. The van der Waals surface area contributed by atoms with Gasteiger partial charge in [0.1, 0.15) is 0 Å². The predicted molar refractivity (Wildman–Crippen MR) is 73.5 cm³/mol. The van der Waals surface area contributed by atoms with Crippen LogP contribution in [0.2, 0.25) is 0 Å². The fourth-order valence-corrected chi connectivity index (χ4v) is 2.36. The monoisotopic (exact) mass is 239 g/mol. The van der Waals surface area contributed by atoms with Crippen molar-refractivity contribution in [3.8, 4) is 11.3 Å². The van der Waals surface area contributed by atoms with Gasteiger partial charge in [-0.05, 0) is 25.3 Å². The van der Waals surface area contributed by atoms with Crippen LogP contribution in [0.3, 0.4) is 0 Å². The highest BCUT2D eigenvalue weighted by atomic mass is 15.2. The molecule has 0 saturated carbocycles. The van der Waals surface area contributed by atoms with Crippen molar-refractivity contribution >= 4 is 5.95 Å². The lowest BCUT2D eigenvalue weighted by Crippen LogP contribution is -2.30. The van der Waals surface area contributed by atoms with Gasteiger partial charge in [-0.1, -0.05) is 30.3 Å². The third-order valence-corrected chi connectivity index (χ3v) is 3.35. The first-order valence-electron chi connectivity index (χ1n) is 6.57. The SMILES string of the molecule is c1ccc(-c2ccnc(N3CCCCC3)n2)cc1. The smallest absolute Gasteiger partial charge is 0.225 e. The second kappa shape index (κ2) is 5.17. The summed E-state index contributed by atoms with van der Waals surface area (Å²) in [5, 5.41) is 0. The molecule has 2 aromatic rings. The van der Waals surface area contributed by atoms with Crippen molar-refractivity contribution in [3.05, 3.63) is 42.6 Å². The van der Waals surface area contributed by atoms with Crippen LogP contribution in [0.5, 0.6) is 0 Å². The lowest BCUT2D eigenvalue weighted by atomic mass is 10.1. The summed E-state index contributed by atoms with van der Waals surface area (Å²) in [6.07, 6.45) is 5.69. The molecule has 1 aliphatic rings. The summed E-state index contributed by atoms with van der Waals surface area (Å²) in [6.45, 7) is 2.16. The zero-order valence-corrected chi connectivity index (χ0v) is 10.4. The van der Waals surface area contributed by atoms with Crippen LogP contribution in [-0.4, -0.2) is 23.1 Å². The Morgan fingerprint density at radius 1 is 0.889 bits per heavy atom. The van der Waals surface area contributed by atoms with Crippen LogP contribution in [-0.2, 0) is 0 Å². The molecule has 18 heavy (non-hydrogen) atoms. The molecule has 1 fully saturated rings. The Hall–Kier alpha value is -1.90. The Morgan fingerprint density at radius 2 is 1.67 bits per heavy atom. The minimum Gasteiger partial charge on any atom is -0.341 e. The summed E-state index contributed by atoms with van der Waals surface area (Å²) < 4.78 is 0. The molecule has 1 aromatic heterocycles. The van der Waals surface area contributed by atoms with Crippen molar-refractivity contribution in [1.82, 2.24) is 9.97 Å². The third-order valence-electron chi connectivity index (χ3n) is 3.35. The van der Waals surface area contributed by atoms with Gasteiger partial charge in [0.2, 0.25) is 5.95 Å². The first-order chi connectivity index (χ1) is 8.93. The highest BCUT2D eigenvalue weighted by Crippen LogP contribution is 2.20. The van der Waals surface area contributed by atoms with Crippen LogP contribution in [0.1, 0.15) is 19.3 Å². The van der Waals surface area contributed by atoms with Crippen LogP contribution in [0.25, 0.3) is 11.3 Å². The van der Waals surface area contributed by atoms with E-state index >= 15 is 0 Å². The molecule has 0 radical (unpaired) electrons. The van der Waals surface area contributed by atoms with Gasteiger partial charge in [0.05, 0.1) is 5.69 Å². The van der Waals surface area contributed by atoms with Gasteiger partial charge >= 0.3 is 0 Å². The van der Waals surface area contributed by atoms with E-state index < -0.39 is 0 Å². The first-order valence-corrected chi connectivity index (χ1v) is 6.57. The summed E-state index contributed by atoms with van der Waals surface area (Å²) in [7, 11) is 0. The van der Waals surface area contributed by atoms with Crippen LogP contribution < -0.4 is 4.90 Å². The molecule has 0 bridgehead atoms. The molecule has 0 amide bonds. The van der Waals surface area contributed by atoms with Crippen molar-refractivity contribution in [1.29, 1.82) is 0 Å². The maximum Gasteiger partial charge on any atom is 0.225 e. The van der Waals surface area contributed by atoms with Gasteiger partial charge in [0, 0.05) is 24.8 Å². The van der Waals surface area contributed by atoms with E-state index in [-0.39, 0.29) is 0 Å². The van der Waals surface area contributed by atoms with Crippen LogP contribution >= 0.6 is 0 Å². The first kappa shape index (κ1) is 11.2. The molecule has 0 spiro atoms. The average molecular weight is 239 g/mol. The zero-order valence-electron chi connectivity index (χ0n) is 10.4. The molecule has 3 rings (SSSR count). The fraction of sp³-hybridized carbons (Fsp3) is 0.333. The lowest BCUT2D eigenvalue weighted by molar-refractivity contribution is 0.568. The normalized spacial score (nSPS) is 15.7. The highest BCUT2D eigenvalue weighted by Gasteiger charge is 2.13. The lowest BCUT2D eigenvalue weighted by Gasteiger charge is -2.26. The van der Waals surface area contributed by atoms with E-state index in [2.05, 4.69) is 27.0 Å². The number of rotatable bonds is 2. The molecule has 0 unspecified atom stereocenters. The maximum absolute atomic E-state index is 4.68. The molecule has 1 saturated heterocycles. The number of piperidine rings is 1. The van der Waals surface area contributed by atoms with Crippen molar-refractivity contribution in [3.63, 3.8) is 0 Å². The third kappa shape index (κ3) is 2.35. The Labute approximate surface area is 108 Å². The number of anilines is 1. The topological polar surface area (TPSA) is 29.0 Å². The van der Waals surface area contributed by atoms with Crippen LogP contribution in [0, 0.1) is 0 Å². The molecule has 0 N–H and O–H groups in total. The van der Waals surface area contributed by atoms with Gasteiger partial charge in [0.25, 0.3) is 0 Å². The molecule has 3 nitrogen and oxygen atoms in total. The summed E-state index contributed by atoms with van der Waals surface area (Å²) >= 11 is 0. The molecule has 0 atom stereocenters. The van der Waals surface area contributed by atoms with E-state index in [1.165, 1.54) is 19.3 Å². The van der Waals surface area contributed by atoms with Gasteiger partial charge in [-0.3, -0.25) is 0 Å². The van der Waals surface area contributed by atoms with E-state index in [0.29, 0.717) is 0 Å². The summed E-state index contributed by atoms with van der Waals surface area (Å²) in [4.78, 5) is 11.4. The van der Waals surface area contributed by atoms with Crippen molar-refractivity contribution < 1.29 is 0 Å². The van der Waals surface area contributed by atoms with E-state index in [9.17, 15) is 0 Å². The Morgan fingerprint density at radius 3 is 2.44 bits per heavy atom. The molecule has 92 valence electrons. The molecule has 0 aliphatic carbocycles. The number of hydrogen-bond acceptors (Lipinski definition) is 3. The average Bonchev–Trinajstić information content (AvgIpc) is 2.49. The van der Waals surface area contributed by atoms with Gasteiger partial charge in [-0.25, -0.2) is 9.97 Å². The van der Waals surface area contributed by atoms with Crippen molar-refractivity contribution in [2.24, 2.45) is 0 Å². The van der Waals surface area contributed by atoms with Crippen LogP contribution in [0.15, 0.2) is 42.6 Å². The maximum atomic E-state index is 4.68. The Kier molecular flexibility index (Phi) is 3.22. The quantitative estimate of drug-likeness (QED) is 0.806. The minimum atomic E-state index is 0.871. The van der Waals surface area contributed by atoms with E-state index in [0.717, 1.165) is 30.3 Å². The largest absolute Gasteiger partial charge is 0.341 e. The second-order valence-electron chi connectivity index (χ2n) is 4.66. The van der Waals surface area contributed by atoms with Gasteiger partial charge in [-0.2, -0.15) is 0 Å². The number of aromatic nitrogens is 2. The summed E-state index contributed by atoms with van der Waals surface area (Å²) in [6, 6.07) is 12.2. The molecular formula is C15H17N3. The molecule has 1 aliphatic heterocycles. The molecule has 2 heterocycles. The minimum absolute atomic E-state index is 0.871. The standard InChI is InChI=1S/C15H17N3/c1-3-7-13(8-4-1)14-9-10-16-15(17-14)18-11-5-2-6-12-18/h1,3-4,7-10H,2,5-6,11-12H2. The van der Waals surface area contributed by atoms with Crippen molar-refractivity contribution in [2.45, 2.75) is 19.3 Å². The van der Waals surface area contributed by atoms with E-state index in [4.69, 9.17) is 0 Å². The molecule has 1 aromatic carbocycles. The molecular weight excluding hydrogens is 222 g/mol. The van der Waals surface area contributed by atoms with E-state index in [1.807, 2.05) is 30.5 Å². The van der Waals surface area contributed by atoms with Crippen LogP contribution in [0.4, 0.5) is 5.95 Å². The second-order valence-corrected chi connectivity index (χ2v) is 4.66. The van der Waals surface area contributed by atoms with Gasteiger partial charge < -0.3 is 4.90 Å². The van der Waals surface area contributed by atoms with Gasteiger partial charge in [-0.15, -0.1) is 0 Å². The highest BCUT2D eigenvalue weighted by molar-refractivity contribution is 5.59. The zero-order chi connectivity index (χ0) is 12.2.